The molecule has 0 N–H and O–H groups in total. The Morgan fingerprint density at radius 2 is 0.500 bits per heavy atom. The van der Waals surface area contributed by atoms with Crippen molar-refractivity contribution in [1.29, 1.82) is 0 Å². The second kappa shape index (κ2) is 21.0. The lowest BCUT2D eigenvalue weighted by Crippen LogP contribution is -2.83. The second-order valence-corrected chi connectivity index (χ2v) is 33.7. The largest absolute Gasteiger partial charge is 0.190 e. The van der Waals surface area contributed by atoms with E-state index in [0.29, 0.717) is 0 Å². The fourth-order valence-corrected chi connectivity index (χ4v) is 32.1. The van der Waals surface area contributed by atoms with Gasteiger partial charge < -0.3 is 0 Å². The Bertz CT molecular complexity index is 4130. The lowest BCUT2D eigenvalue weighted by molar-refractivity contribution is 1.67. The molecular weight excluding hydrogens is 1030 g/mol. The van der Waals surface area contributed by atoms with Crippen LogP contribution in [0, 0.1) is 0 Å². The Morgan fingerprint density at radius 3 is 0.875 bits per heavy atom. The fourth-order valence-electron chi connectivity index (χ4n) is 13.3. The minimum atomic E-state index is -3.15. The summed E-state index contributed by atoms with van der Waals surface area (Å²) in [6.45, 7) is 0. The quantitative estimate of drug-likeness (QED) is 0.0613. The van der Waals surface area contributed by atoms with Gasteiger partial charge in [-0.1, -0.05) is 315 Å². The molecule has 0 aliphatic heterocycles. The van der Waals surface area contributed by atoms with Gasteiger partial charge in [0, 0.05) is 9.20 Å². The van der Waals surface area contributed by atoms with Gasteiger partial charge in [0.1, 0.15) is 0 Å². The van der Waals surface area contributed by atoms with Crippen molar-refractivity contribution >= 4 is 129 Å². The SMILES string of the molecule is c1ccc([Si](c2ccccc2)(c2ccccc2)c2ccc3cc4cc(-c5ccc6c([Si](c7ccccc7)(c7ccccc7)c7ccccc7)c([Si](c7ccccc7)(c7ccccc7)c7ccccc7)sc6c5)ccc4cc3c2)cc1. The number of benzene rings is 13. The van der Waals surface area contributed by atoms with Crippen LogP contribution in [0.1, 0.15) is 0 Å². The lowest BCUT2D eigenvalue weighted by Gasteiger charge is -2.40. The Kier molecular flexibility index (Phi) is 12.9. The minimum Gasteiger partial charge on any atom is -0.144 e. The van der Waals surface area contributed by atoms with Gasteiger partial charge in [-0.25, -0.2) is 0 Å². The third-order valence-corrected chi connectivity index (χ3v) is 33.6. The van der Waals surface area contributed by atoms with Gasteiger partial charge in [-0.15, -0.1) is 11.3 Å². The first-order valence-corrected chi connectivity index (χ1v) is 34.5. The number of thiophene rings is 1. The Labute approximate surface area is 476 Å². The van der Waals surface area contributed by atoms with Crippen LogP contribution in [0.15, 0.2) is 340 Å². The maximum atomic E-state index is 2.52. The molecule has 0 nitrogen and oxygen atoms in total. The molecule has 0 saturated carbocycles. The van der Waals surface area contributed by atoms with Crippen LogP contribution in [0.4, 0.5) is 0 Å². The molecule has 1 heterocycles. The van der Waals surface area contributed by atoms with Gasteiger partial charge in [-0.05, 0) is 119 Å². The molecule has 0 aliphatic rings. The molecule has 1 aromatic heterocycles. The van der Waals surface area contributed by atoms with Crippen LogP contribution in [0.25, 0.3) is 42.8 Å². The molecular formula is C76H56SSi3. The highest BCUT2D eigenvalue weighted by Gasteiger charge is 2.52. The van der Waals surface area contributed by atoms with Crippen LogP contribution in [0.3, 0.4) is 0 Å². The van der Waals surface area contributed by atoms with Gasteiger partial charge in [-0.2, -0.15) is 0 Å². The lowest BCUT2D eigenvalue weighted by atomic mass is 9.98. The van der Waals surface area contributed by atoms with Crippen molar-refractivity contribution in [2.24, 2.45) is 0 Å². The van der Waals surface area contributed by atoms with Crippen LogP contribution in [-0.4, -0.2) is 24.2 Å². The van der Waals surface area contributed by atoms with Crippen molar-refractivity contribution in [3.63, 3.8) is 0 Å². The molecule has 14 aromatic rings. The number of hydrogen-bond acceptors (Lipinski definition) is 1. The van der Waals surface area contributed by atoms with Gasteiger partial charge in [0.2, 0.25) is 0 Å². The minimum absolute atomic E-state index is 1.21. The third kappa shape index (κ3) is 8.14. The molecule has 4 heteroatoms. The summed E-state index contributed by atoms with van der Waals surface area (Å²) in [6, 6.07) is 129. The Morgan fingerprint density at radius 1 is 0.200 bits per heavy atom. The predicted molar refractivity (Wildman–Crippen MR) is 353 cm³/mol. The molecule has 0 saturated heterocycles. The zero-order chi connectivity index (χ0) is 53.4. The highest BCUT2D eigenvalue weighted by atomic mass is 32.1. The van der Waals surface area contributed by atoms with E-state index in [-0.39, 0.29) is 0 Å². The van der Waals surface area contributed by atoms with Gasteiger partial charge in [0.25, 0.3) is 0 Å². The summed E-state index contributed by atoms with van der Waals surface area (Å²) in [4.78, 5) is 0. The summed E-state index contributed by atoms with van der Waals surface area (Å²) in [5.74, 6) is 0. The van der Waals surface area contributed by atoms with E-state index in [1.165, 1.54) is 104 Å². The Balaban J connectivity index is 1.00. The molecule has 0 bridgehead atoms. The third-order valence-electron chi connectivity index (χ3n) is 16.8. The molecule has 80 heavy (non-hydrogen) atoms. The summed E-state index contributed by atoms with van der Waals surface area (Å²) in [6.07, 6.45) is 0. The van der Waals surface area contributed by atoms with Crippen LogP contribution in [0.5, 0.6) is 0 Å². The van der Waals surface area contributed by atoms with Gasteiger partial charge in [0.05, 0.1) is 0 Å². The van der Waals surface area contributed by atoms with Crippen LogP contribution in [0.2, 0.25) is 0 Å². The number of hydrogen-bond donors (Lipinski definition) is 0. The maximum Gasteiger partial charge on any atom is 0.190 e. The van der Waals surface area contributed by atoms with E-state index < -0.39 is 24.2 Å². The molecule has 13 aromatic carbocycles. The fraction of sp³-hybridized carbons (Fsp3) is 0. The standard InChI is InChI=1S/C76H56SSi3/c1-10-28-63(29-11-1)78(64-30-12-2-13-31-64,65-32-14-3-15-33-65)72-50-48-59-53-61-52-57(46-47-58(61)54-62(59)55-72)60-49-51-73-74(56-60)77-76(80(69-40-22-7-23-41-69,70-42-24-8-25-43-70)71-44-26-9-27-45-71)75(73)79(66-34-16-4-17-35-66,67-36-18-5-19-37-67)68-38-20-6-21-39-68/h1-56H. The van der Waals surface area contributed by atoms with E-state index in [2.05, 4.69) is 340 Å². The molecule has 0 atom stereocenters. The number of fused-ring (bicyclic) bond motifs is 3. The van der Waals surface area contributed by atoms with Gasteiger partial charge in [0.15, 0.2) is 24.2 Å². The predicted octanol–water partition coefficient (Wildman–Crippen LogP) is 11.0. The summed E-state index contributed by atoms with van der Waals surface area (Å²) in [7, 11) is -8.96. The molecule has 0 unspecified atom stereocenters. The molecule has 0 spiro atoms. The van der Waals surface area contributed by atoms with E-state index in [9.17, 15) is 0 Å². The second-order valence-electron chi connectivity index (χ2n) is 21.0. The van der Waals surface area contributed by atoms with Crippen LogP contribution >= 0.6 is 11.3 Å². The topological polar surface area (TPSA) is 0 Å². The molecule has 0 amide bonds. The highest BCUT2D eigenvalue weighted by molar-refractivity contribution is 7.43. The van der Waals surface area contributed by atoms with E-state index in [1.807, 2.05) is 11.3 Å². The van der Waals surface area contributed by atoms with Gasteiger partial charge in [-0.3, -0.25) is 0 Å². The van der Waals surface area contributed by atoms with E-state index >= 15 is 0 Å². The van der Waals surface area contributed by atoms with Crippen LogP contribution in [-0.2, 0) is 0 Å². The monoisotopic (exact) mass is 1080 g/mol. The van der Waals surface area contributed by atoms with Crippen LogP contribution < -0.4 is 61.6 Å². The molecule has 378 valence electrons. The van der Waals surface area contributed by atoms with Crippen molar-refractivity contribution in [2.75, 3.05) is 0 Å². The molecule has 14 rings (SSSR count). The maximum absolute atomic E-state index is 3.15. The first kappa shape index (κ1) is 49.3. The highest BCUT2D eigenvalue weighted by Crippen LogP contribution is 2.33. The van der Waals surface area contributed by atoms with E-state index in [0.717, 1.165) is 0 Å². The van der Waals surface area contributed by atoms with Crippen molar-refractivity contribution < 1.29 is 0 Å². The first-order valence-electron chi connectivity index (χ1n) is 27.7. The zero-order valence-electron chi connectivity index (χ0n) is 44.2. The molecule has 0 fully saturated rings. The zero-order valence-corrected chi connectivity index (χ0v) is 48.1. The normalized spacial score (nSPS) is 12.0. The summed E-state index contributed by atoms with van der Waals surface area (Å²) in [5.41, 5.74) is 2.43. The van der Waals surface area contributed by atoms with Crippen molar-refractivity contribution in [3.8, 4) is 11.1 Å². The van der Waals surface area contributed by atoms with Crippen molar-refractivity contribution in [2.45, 2.75) is 0 Å². The van der Waals surface area contributed by atoms with Gasteiger partial charge >= 0.3 is 0 Å². The van der Waals surface area contributed by atoms with E-state index in [4.69, 9.17) is 0 Å². The number of rotatable bonds is 13. The summed E-state index contributed by atoms with van der Waals surface area (Å²) < 4.78 is 2.79. The Hall–Kier alpha value is -9.01. The smallest absolute Gasteiger partial charge is 0.144 e. The molecule has 0 radical (unpaired) electrons. The van der Waals surface area contributed by atoms with Crippen molar-refractivity contribution in [1.82, 2.24) is 0 Å². The van der Waals surface area contributed by atoms with Crippen molar-refractivity contribution in [3.05, 3.63) is 340 Å². The summed E-state index contributed by atoms with van der Waals surface area (Å²) in [5, 5.41) is 21.6. The molecule has 0 aliphatic carbocycles. The average Bonchev–Trinajstić information content (AvgIpc) is 3.90. The summed E-state index contributed by atoms with van der Waals surface area (Å²) >= 11 is 2.04. The average molecular weight is 1090 g/mol. The van der Waals surface area contributed by atoms with E-state index in [1.54, 1.807) is 0 Å². The first-order chi connectivity index (χ1) is 39.7.